The summed E-state index contributed by atoms with van der Waals surface area (Å²) in [6.45, 7) is 4.47. The predicted octanol–water partition coefficient (Wildman–Crippen LogP) is 2.49. The second-order valence-corrected chi connectivity index (χ2v) is 10.8. The minimum absolute atomic E-state index is 0.0597. The van der Waals surface area contributed by atoms with Crippen molar-refractivity contribution in [3.63, 3.8) is 0 Å². The summed E-state index contributed by atoms with van der Waals surface area (Å²) in [7, 11) is -3.05. The van der Waals surface area contributed by atoms with Crippen LogP contribution in [-0.4, -0.2) is 68.7 Å². The first-order chi connectivity index (χ1) is 14.4. The van der Waals surface area contributed by atoms with E-state index in [0.717, 1.165) is 29.4 Å². The smallest absolute Gasteiger partial charge is 0.233 e. The number of para-hydroxylation sites is 1. The third-order valence-corrected chi connectivity index (χ3v) is 7.97. The fourth-order valence-electron chi connectivity index (χ4n) is 3.80. The van der Waals surface area contributed by atoms with Crippen molar-refractivity contribution in [2.75, 3.05) is 23.8 Å². The minimum atomic E-state index is -3.05. The molecule has 3 heterocycles. The number of hydrogen-bond donors (Lipinski definition) is 0. The van der Waals surface area contributed by atoms with Crippen LogP contribution in [0.25, 0.3) is 16.6 Å². The number of nitrogens with zero attached hydrogens (tertiary/aromatic N) is 5. The molecule has 0 N–H and O–H groups in total. The first kappa shape index (κ1) is 21.0. The highest BCUT2D eigenvalue weighted by Crippen LogP contribution is 2.25. The Morgan fingerprint density at radius 2 is 2.10 bits per heavy atom. The maximum absolute atomic E-state index is 13.1. The van der Waals surface area contributed by atoms with Crippen molar-refractivity contribution in [2.24, 2.45) is 0 Å². The molecule has 160 valence electrons. The van der Waals surface area contributed by atoms with Gasteiger partial charge in [-0.05, 0) is 31.9 Å². The average molecular weight is 448 g/mol. The monoisotopic (exact) mass is 447 g/mol. The minimum Gasteiger partial charge on any atom is -0.338 e. The number of benzene rings is 1. The number of carbonyl (C=O) groups is 1. The molecular formula is C20H25N5O3S2. The number of rotatable bonds is 7. The third-order valence-electron chi connectivity index (χ3n) is 5.30. The van der Waals surface area contributed by atoms with Gasteiger partial charge in [-0.25, -0.2) is 18.4 Å². The van der Waals surface area contributed by atoms with Crippen LogP contribution in [0.15, 0.2) is 29.4 Å². The molecule has 1 aliphatic heterocycles. The summed E-state index contributed by atoms with van der Waals surface area (Å²) < 4.78 is 25.5. The molecule has 1 amide bonds. The van der Waals surface area contributed by atoms with Crippen LogP contribution in [0.2, 0.25) is 0 Å². The Balaban J connectivity index is 1.57. The Bertz CT molecular complexity index is 1190. The lowest BCUT2D eigenvalue weighted by molar-refractivity contribution is -0.130. The standard InChI is InChI=1S/C20H25N5O3S2/c1-3-4-10-24(15-9-11-30(27,28)13-15)18(26)12-29-20-22-17-8-6-5-7-16(17)19-21-14(2)23-25(19)20/h5-8,15H,3-4,9-13H2,1-2H3/t15-/m0/s1. The van der Waals surface area contributed by atoms with Gasteiger partial charge in [0.2, 0.25) is 5.91 Å². The van der Waals surface area contributed by atoms with Gasteiger partial charge in [0, 0.05) is 18.0 Å². The summed E-state index contributed by atoms with van der Waals surface area (Å²) in [5.41, 5.74) is 1.52. The van der Waals surface area contributed by atoms with Gasteiger partial charge in [-0.15, -0.1) is 5.10 Å². The largest absolute Gasteiger partial charge is 0.338 e. The number of fused-ring (bicyclic) bond motifs is 3. The summed E-state index contributed by atoms with van der Waals surface area (Å²) in [5, 5.41) is 5.97. The lowest BCUT2D eigenvalue weighted by Gasteiger charge is -2.28. The van der Waals surface area contributed by atoms with Crippen LogP contribution in [0.4, 0.5) is 0 Å². The quantitative estimate of drug-likeness (QED) is 0.405. The van der Waals surface area contributed by atoms with Crippen LogP contribution in [0, 0.1) is 6.92 Å². The van der Waals surface area contributed by atoms with Gasteiger partial charge in [0.05, 0.1) is 22.8 Å². The van der Waals surface area contributed by atoms with E-state index in [9.17, 15) is 13.2 Å². The maximum atomic E-state index is 13.1. The second kappa shape index (κ2) is 8.50. The summed E-state index contributed by atoms with van der Waals surface area (Å²) in [4.78, 5) is 24.0. The Morgan fingerprint density at radius 1 is 1.30 bits per heavy atom. The van der Waals surface area contributed by atoms with Crippen molar-refractivity contribution >= 4 is 44.1 Å². The Labute approximate surface area is 180 Å². The molecule has 1 fully saturated rings. The van der Waals surface area contributed by atoms with Crippen LogP contribution in [0.5, 0.6) is 0 Å². The summed E-state index contributed by atoms with van der Waals surface area (Å²) in [6.07, 6.45) is 2.32. The van der Waals surface area contributed by atoms with E-state index >= 15 is 0 Å². The zero-order valence-electron chi connectivity index (χ0n) is 17.1. The molecule has 0 spiro atoms. The highest BCUT2D eigenvalue weighted by molar-refractivity contribution is 7.99. The van der Waals surface area contributed by atoms with Crippen LogP contribution >= 0.6 is 11.8 Å². The van der Waals surface area contributed by atoms with E-state index in [2.05, 4.69) is 22.0 Å². The molecule has 1 aromatic carbocycles. The highest BCUT2D eigenvalue weighted by atomic mass is 32.2. The zero-order chi connectivity index (χ0) is 21.3. The van der Waals surface area contributed by atoms with Gasteiger partial charge in [-0.1, -0.05) is 37.2 Å². The number of aromatic nitrogens is 4. The van der Waals surface area contributed by atoms with Gasteiger partial charge in [0.1, 0.15) is 5.82 Å². The topological polar surface area (TPSA) is 97.5 Å². The number of hydrogen-bond acceptors (Lipinski definition) is 7. The molecule has 3 aromatic rings. The van der Waals surface area contributed by atoms with Crippen molar-refractivity contribution in [2.45, 2.75) is 44.3 Å². The van der Waals surface area contributed by atoms with Gasteiger partial charge in [-0.3, -0.25) is 4.79 Å². The van der Waals surface area contributed by atoms with Crippen LogP contribution in [0.1, 0.15) is 32.0 Å². The number of unbranched alkanes of at least 4 members (excludes halogenated alkanes) is 1. The molecule has 2 aromatic heterocycles. The molecule has 10 heteroatoms. The van der Waals surface area contributed by atoms with Gasteiger partial charge < -0.3 is 4.90 Å². The Morgan fingerprint density at radius 3 is 2.83 bits per heavy atom. The summed E-state index contributed by atoms with van der Waals surface area (Å²) >= 11 is 1.32. The van der Waals surface area contributed by atoms with Crippen molar-refractivity contribution in [3.05, 3.63) is 30.1 Å². The molecule has 30 heavy (non-hydrogen) atoms. The lowest BCUT2D eigenvalue weighted by atomic mass is 10.2. The molecule has 0 bridgehead atoms. The van der Waals surface area contributed by atoms with Gasteiger partial charge >= 0.3 is 0 Å². The number of carbonyl (C=O) groups excluding carboxylic acids is 1. The van der Waals surface area contributed by atoms with E-state index in [-0.39, 0.29) is 29.2 Å². The first-order valence-electron chi connectivity index (χ1n) is 10.1. The van der Waals surface area contributed by atoms with E-state index < -0.39 is 9.84 Å². The first-order valence-corrected chi connectivity index (χ1v) is 12.9. The van der Waals surface area contributed by atoms with Gasteiger partial charge in [-0.2, -0.15) is 4.52 Å². The molecule has 0 unspecified atom stereocenters. The van der Waals surface area contributed by atoms with Crippen molar-refractivity contribution in [1.29, 1.82) is 0 Å². The maximum Gasteiger partial charge on any atom is 0.233 e. The van der Waals surface area contributed by atoms with E-state index in [4.69, 9.17) is 0 Å². The highest BCUT2D eigenvalue weighted by Gasteiger charge is 2.34. The Kier molecular flexibility index (Phi) is 5.97. The van der Waals surface area contributed by atoms with Crippen LogP contribution in [-0.2, 0) is 14.6 Å². The van der Waals surface area contributed by atoms with Crippen LogP contribution in [0.3, 0.4) is 0 Å². The van der Waals surface area contributed by atoms with Gasteiger partial charge in [0.25, 0.3) is 0 Å². The summed E-state index contributed by atoms with van der Waals surface area (Å²) in [5.74, 6) is 0.983. The Hall–Kier alpha value is -2.20. The van der Waals surface area contributed by atoms with E-state index in [1.54, 1.807) is 9.42 Å². The van der Waals surface area contributed by atoms with Crippen LogP contribution < -0.4 is 0 Å². The molecule has 1 saturated heterocycles. The van der Waals surface area contributed by atoms with Crippen molar-refractivity contribution in [1.82, 2.24) is 24.5 Å². The number of amides is 1. The predicted molar refractivity (Wildman–Crippen MR) is 117 cm³/mol. The molecule has 4 rings (SSSR count). The molecule has 0 aliphatic carbocycles. The molecule has 8 nitrogen and oxygen atoms in total. The molecule has 1 aliphatic rings. The van der Waals surface area contributed by atoms with Gasteiger partial charge in [0.15, 0.2) is 20.6 Å². The summed E-state index contributed by atoms with van der Waals surface area (Å²) in [6, 6.07) is 7.50. The van der Waals surface area contributed by atoms with E-state index in [1.807, 2.05) is 31.2 Å². The molecular weight excluding hydrogens is 422 g/mol. The fraction of sp³-hybridized carbons (Fsp3) is 0.500. The van der Waals surface area contributed by atoms with E-state index in [0.29, 0.717) is 23.9 Å². The lowest BCUT2D eigenvalue weighted by Crippen LogP contribution is -2.42. The average Bonchev–Trinajstić information content (AvgIpc) is 3.28. The number of aryl methyl sites for hydroxylation is 1. The number of sulfone groups is 1. The normalized spacial score (nSPS) is 18.3. The zero-order valence-corrected chi connectivity index (χ0v) is 18.7. The van der Waals surface area contributed by atoms with Crippen molar-refractivity contribution < 1.29 is 13.2 Å². The third kappa shape index (κ3) is 4.29. The SMILES string of the molecule is CCCCN(C(=O)CSc1nc2ccccc2c2nc(C)nn12)[C@H]1CCS(=O)(=O)C1. The van der Waals surface area contributed by atoms with Crippen molar-refractivity contribution in [3.8, 4) is 0 Å². The molecule has 0 saturated carbocycles. The molecule has 0 radical (unpaired) electrons. The number of thioether (sulfide) groups is 1. The molecule has 1 atom stereocenters. The second-order valence-electron chi connectivity index (χ2n) is 7.59. The fourth-order valence-corrected chi connectivity index (χ4v) is 6.36. The van der Waals surface area contributed by atoms with E-state index in [1.165, 1.54) is 11.8 Å².